The molecule has 0 saturated heterocycles. The zero-order chi connectivity index (χ0) is 13.8. The van der Waals surface area contributed by atoms with Gasteiger partial charge in [0.15, 0.2) is 11.5 Å². The second-order valence-electron chi connectivity index (χ2n) is 4.32. The summed E-state index contributed by atoms with van der Waals surface area (Å²) in [6.07, 6.45) is 0. The average molecular weight is 322 g/mol. The van der Waals surface area contributed by atoms with Gasteiger partial charge in [-0.05, 0) is 42.3 Å². The molecule has 2 rings (SSSR count). The molecule has 2 aromatic carbocycles. The van der Waals surface area contributed by atoms with Crippen molar-refractivity contribution < 1.29 is 9.84 Å². The molecule has 0 spiro atoms. The van der Waals surface area contributed by atoms with Crippen molar-refractivity contribution >= 4 is 21.6 Å². The van der Waals surface area contributed by atoms with Crippen LogP contribution in [0.25, 0.3) is 0 Å². The SMILES string of the molecule is COc1ccc(CNc2ccc(C)c(Br)c2)cc1O. The van der Waals surface area contributed by atoms with E-state index in [4.69, 9.17) is 4.74 Å². The highest BCUT2D eigenvalue weighted by Gasteiger charge is 2.03. The summed E-state index contributed by atoms with van der Waals surface area (Å²) in [7, 11) is 1.54. The van der Waals surface area contributed by atoms with Crippen molar-refractivity contribution in [3.05, 3.63) is 52.0 Å². The molecule has 0 unspecified atom stereocenters. The van der Waals surface area contributed by atoms with Crippen molar-refractivity contribution in [1.29, 1.82) is 0 Å². The van der Waals surface area contributed by atoms with Crippen LogP contribution in [0.2, 0.25) is 0 Å². The minimum atomic E-state index is 0.159. The minimum Gasteiger partial charge on any atom is -0.504 e. The number of phenolic OH excluding ortho intramolecular Hbond substituents is 1. The van der Waals surface area contributed by atoms with Gasteiger partial charge in [0.1, 0.15) is 0 Å². The summed E-state index contributed by atoms with van der Waals surface area (Å²) in [5.74, 6) is 0.647. The van der Waals surface area contributed by atoms with E-state index in [0.717, 1.165) is 15.7 Å². The van der Waals surface area contributed by atoms with Crippen LogP contribution in [-0.4, -0.2) is 12.2 Å². The van der Waals surface area contributed by atoms with E-state index in [0.29, 0.717) is 12.3 Å². The molecule has 19 heavy (non-hydrogen) atoms. The van der Waals surface area contributed by atoms with Crippen LogP contribution < -0.4 is 10.1 Å². The molecule has 0 aliphatic carbocycles. The number of nitrogens with one attached hydrogen (secondary N) is 1. The van der Waals surface area contributed by atoms with Gasteiger partial charge in [0.05, 0.1) is 7.11 Å². The molecule has 0 amide bonds. The van der Waals surface area contributed by atoms with Crippen LogP contribution in [0.1, 0.15) is 11.1 Å². The molecule has 0 bridgehead atoms. The Morgan fingerprint density at radius 3 is 2.63 bits per heavy atom. The first-order valence-corrected chi connectivity index (χ1v) is 6.75. The molecule has 0 aliphatic rings. The van der Waals surface area contributed by atoms with Crippen molar-refractivity contribution in [2.75, 3.05) is 12.4 Å². The van der Waals surface area contributed by atoms with Gasteiger partial charge in [0, 0.05) is 16.7 Å². The van der Waals surface area contributed by atoms with Gasteiger partial charge in [0.25, 0.3) is 0 Å². The lowest BCUT2D eigenvalue weighted by atomic mass is 10.2. The molecule has 0 aliphatic heterocycles. The van der Waals surface area contributed by atoms with Gasteiger partial charge in [0.2, 0.25) is 0 Å². The summed E-state index contributed by atoms with van der Waals surface area (Å²) in [6, 6.07) is 11.5. The maximum atomic E-state index is 9.71. The Hall–Kier alpha value is -1.68. The summed E-state index contributed by atoms with van der Waals surface area (Å²) in [4.78, 5) is 0. The number of halogens is 1. The van der Waals surface area contributed by atoms with Crippen LogP contribution in [0.5, 0.6) is 11.5 Å². The highest BCUT2D eigenvalue weighted by molar-refractivity contribution is 9.10. The molecule has 0 aromatic heterocycles. The van der Waals surface area contributed by atoms with Gasteiger partial charge in [-0.15, -0.1) is 0 Å². The summed E-state index contributed by atoms with van der Waals surface area (Å²) in [5, 5.41) is 13.0. The van der Waals surface area contributed by atoms with Gasteiger partial charge in [-0.25, -0.2) is 0 Å². The van der Waals surface area contributed by atoms with E-state index in [2.05, 4.69) is 34.2 Å². The third kappa shape index (κ3) is 3.41. The van der Waals surface area contributed by atoms with Crippen molar-refractivity contribution in [1.82, 2.24) is 0 Å². The second kappa shape index (κ2) is 5.97. The number of rotatable bonds is 4. The predicted molar refractivity (Wildman–Crippen MR) is 80.9 cm³/mol. The number of aromatic hydroxyl groups is 1. The Labute approximate surface area is 121 Å². The number of methoxy groups -OCH3 is 1. The van der Waals surface area contributed by atoms with Gasteiger partial charge in [-0.1, -0.05) is 28.1 Å². The molecule has 3 nitrogen and oxygen atoms in total. The van der Waals surface area contributed by atoms with E-state index in [1.165, 1.54) is 12.7 Å². The monoisotopic (exact) mass is 321 g/mol. The van der Waals surface area contributed by atoms with Crippen LogP contribution in [0.4, 0.5) is 5.69 Å². The van der Waals surface area contributed by atoms with Crippen molar-refractivity contribution in [2.45, 2.75) is 13.5 Å². The molecule has 0 fully saturated rings. The van der Waals surface area contributed by atoms with E-state index in [1.807, 2.05) is 18.2 Å². The number of aryl methyl sites for hydroxylation is 1. The van der Waals surface area contributed by atoms with Crippen LogP contribution >= 0.6 is 15.9 Å². The van der Waals surface area contributed by atoms with Crippen molar-refractivity contribution in [3.63, 3.8) is 0 Å². The average Bonchev–Trinajstić information content (AvgIpc) is 2.40. The fraction of sp³-hybridized carbons (Fsp3) is 0.200. The standard InChI is InChI=1S/C15H16BrNO2/c1-10-3-5-12(8-13(10)16)17-9-11-4-6-15(19-2)14(18)7-11/h3-8,17-18H,9H2,1-2H3. The first-order valence-electron chi connectivity index (χ1n) is 5.96. The van der Waals surface area contributed by atoms with Gasteiger partial charge in [-0.2, -0.15) is 0 Å². The molecule has 4 heteroatoms. The molecule has 0 heterocycles. The highest BCUT2D eigenvalue weighted by Crippen LogP contribution is 2.27. The third-order valence-corrected chi connectivity index (χ3v) is 3.77. The van der Waals surface area contributed by atoms with E-state index in [-0.39, 0.29) is 5.75 Å². The van der Waals surface area contributed by atoms with Crippen LogP contribution in [0.3, 0.4) is 0 Å². The van der Waals surface area contributed by atoms with Gasteiger partial charge in [-0.3, -0.25) is 0 Å². The molecule has 0 radical (unpaired) electrons. The Balaban J connectivity index is 2.05. The first-order chi connectivity index (χ1) is 9.10. The Kier molecular flexibility index (Phi) is 4.32. The smallest absolute Gasteiger partial charge is 0.160 e. The predicted octanol–water partition coefficient (Wildman–Crippen LogP) is 4.08. The van der Waals surface area contributed by atoms with E-state index < -0.39 is 0 Å². The summed E-state index contributed by atoms with van der Waals surface area (Å²) >= 11 is 3.51. The fourth-order valence-electron chi connectivity index (χ4n) is 1.75. The highest BCUT2D eigenvalue weighted by atomic mass is 79.9. The van der Waals surface area contributed by atoms with E-state index in [1.54, 1.807) is 12.1 Å². The Morgan fingerprint density at radius 1 is 1.21 bits per heavy atom. The normalized spacial score (nSPS) is 10.3. The lowest BCUT2D eigenvalue weighted by Gasteiger charge is -2.10. The van der Waals surface area contributed by atoms with Crippen molar-refractivity contribution in [2.24, 2.45) is 0 Å². The van der Waals surface area contributed by atoms with Crippen LogP contribution in [-0.2, 0) is 6.54 Å². The molecule has 100 valence electrons. The third-order valence-electron chi connectivity index (χ3n) is 2.91. The number of benzene rings is 2. The van der Waals surface area contributed by atoms with Crippen molar-refractivity contribution in [3.8, 4) is 11.5 Å². The molecule has 2 N–H and O–H groups in total. The zero-order valence-corrected chi connectivity index (χ0v) is 12.5. The van der Waals surface area contributed by atoms with E-state index >= 15 is 0 Å². The quantitative estimate of drug-likeness (QED) is 0.891. The molecule has 0 saturated carbocycles. The Morgan fingerprint density at radius 2 is 2.00 bits per heavy atom. The zero-order valence-electron chi connectivity index (χ0n) is 10.9. The number of ether oxygens (including phenoxy) is 1. The van der Waals surface area contributed by atoms with Gasteiger partial charge < -0.3 is 15.2 Å². The maximum Gasteiger partial charge on any atom is 0.160 e. The van der Waals surface area contributed by atoms with Gasteiger partial charge >= 0.3 is 0 Å². The molecular formula is C15H16BrNO2. The molecule has 2 aromatic rings. The fourth-order valence-corrected chi connectivity index (χ4v) is 2.13. The largest absolute Gasteiger partial charge is 0.504 e. The lowest BCUT2D eigenvalue weighted by molar-refractivity contribution is 0.373. The molecule has 0 atom stereocenters. The maximum absolute atomic E-state index is 9.71. The second-order valence-corrected chi connectivity index (χ2v) is 5.18. The number of anilines is 1. The minimum absolute atomic E-state index is 0.159. The number of hydrogen-bond acceptors (Lipinski definition) is 3. The number of hydrogen-bond donors (Lipinski definition) is 2. The summed E-state index contributed by atoms with van der Waals surface area (Å²) < 4.78 is 6.09. The lowest BCUT2D eigenvalue weighted by Crippen LogP contribution is -1.99. The number of phenols is 1. The summed E-state index contributed by atoms with van der Waals surface area (Å²) in [6.45, 7) is 2.70. The topological polar surface area (TPSA) is 41.5 Å². The molecular weight excluding hydrogens is 306 g/mol. The Bertz CT molecular complexity index is 584. The van der Waals surface area contributed by atoms with E-state index in [9.17, 15) is 5.11 Å². The summed E-state index contributed by atoms with van der Waals surface area (Å²) in [5.41, 5.74) is 3.23. The van der Waals surface area contributed by atoms with Crippen LogP contribution in [0.15, 0.2) is 40.9 Å². The first kappa shape index (κ1) is 13.7. The van der Waals surface area contributed by atoms with Crippen LogP contribution in [0, 0.1) is 6.92 Å².